The zero-order valence-corrected chi connectivity index (χ0v) is 18.4. The van der Waals surface area contributed by atoms with Gasteiger partial charge in [0, 0.05) is 37.4 Å². The van der Waals surface area contributed by atoms with Crippen LogP contribution in [0.5, 0.6) is 0 Å². The van der Waals surface area contributed by atoms with Crippen molar-refractivity contribution in [1.82, 2.24) is 16.0 Å². The molecule has 1 aliphatic heterocycles. The average Bonchev–Trinajstić information content (AvgIpc) is 2.66. The normalized spacial score (nSPS) is 32.6. The second kappa shape index (κ2) is 8.88. The molecule has 5 nitrogen and oxygen atoms in total. The summed E-state index contributed by atoms with van der Waals surface area (Å²) in [7, 11) is 0. The van der Waals surface area contributed by atoms with E-state index in [0.29, 0.717) is 18.9 Å². The Hall–Kier alpha value is -1.59. The topological polar surface area (TPSA) is 70.2 Å². The van der Waals surface area contributed by atoms with Crippen LogP contribution in [0.3, 0.4) is 0 Å². The molecule has 4 aliphatic carbocycles. The first-order valence-corrected chi connectivity index (χ1v) is 11.4. The molecule has 5 fully saturated rings. The number of hydrogen-bond donors (Lipinski definition) is 3. The van der Waals surface area contributed by atoms with Crippen molar-refractivity contribution in [3.63, 3.8) is 0 Å². The molecule has 0 aromatic heterocycles. The zero-order chi connectivity index (χ0) is 19.8. The van der Waals surface area contributed by atoms with E-state index < -0.39 is 6.04 Å². The first-order valence-electron chi connectivity index (χ1n) is 11.4. The molecule has 30 heavy (non-hydrogen) atoms. The molecular weight excluding hydrogens is 398 g/mol. The third-order valence-corrected chi connectivity index (χ3v) is 7.86. The Morgan fingerprint density at radius 1 is 1.00 bits per heavy atom. The molecule has 4 bridgehead atoms. The lowest BCUT2D eigenvalue weighted by atomic mass is 9.49. The van der Waals surface area contributed by atoms with Crippen molar-refractivity contribution < 1.29 is 9.59 Å². The summed E-state index contributed by atoms with van der Waals surface area (Å²) in [4.78, 5) is 26.5. The third kappa shape index (κ3) is 4.38. The summed E-state index contributed by atoms with van der Waals surface area (Å²) in [6.07, 6.45) is 7.57. The van der Waals surface area contributed by atoms with Crippen LogP contribution in [0.4, 0.5) is 0 Å². The molecule has 1 aromatic rings. The van der Waals surface area contributed by atoms with E-state index in [1.54, 1.807) is 0 Å². The Morgan fingerprint density at radius 3 is 2.13 bits per heavy atom. The smallest absolute Gasteiger partial charge is 0.242 e. The predicted molar refractivity (Wildman–Crippen MR) is 119 cm³/mol. The molecular formula is C24H34ClN3O2. The van der Waals surface area contributed by atoms with Crippen molar-refractivity contribution >= 4 is 24.2 Å². The minimum Gasteiger partial charge on any atom is -0.354 e. The fraction of sp³-hybridized carbons (Fsp3) is 0.667. The van der Waals surface area contributed by atoms with E-state index in [-0.39, 0.29) is 29.6 Å². The van der Waals surface area contributed by atoms with Gasteiger partial charge in [0.15, 0.2) is 0 Å². The SMILES string of the molecule is Cl.O=C(NCC1CNC1)C(Cc1ccccc1)NC(=O)C12CC3CC(CC(C3)C1)C2. The van der Waals surface area contributed by atoms with Crippen LogP contribution in [0.1, 0.15) is 44.1 Å². The maximum Gasteiger partial charge on any atom is 0.242 e. The van der Waals surface area contributed by atoms with Gasteiger partial charge in [-0.3, -0.25) is 9.59 Å². The van der Waals surface area contributed by atoms with Gasteiger partial charge in [0.1, 0.15) is 6.04 Å². The number of carbonyl (C=O) groups is 2. The fourth-order valence-electron chi connectivity index (χ4n) is 6.62. The summed E-state index contributed by atoms with van der Waals surface area (Å²) in [5, 5.41) is 9.55. The van der Waals surface area contributed by atoms with Gasteiger partial charge < -0.3 is 16.0 Å². The van der Waals surface area contributed by atoms with Crippen LogP contribution in [0.25, 0.3) is 0 Å². The van der Waals surface area contributed by atoms with Crippen molar-refractivity contribution in [3.05, 3.63) is 35.9 Å². The first-order chi connectivity index (χ1) is 14.1. The fourth-order valence-corrected chi connectivity index (χ4v) is 6.62. The molecule has 1 saturated heterocycles. The van der Waals surface area contributed by atoms with Crippen molar-refractivity contribution in [2.45, 2.75) is 51.0 Å². The molecule has 1 atom stereocenters. The maximum atomic E-state index is 13.5. The van der Waals surface area contributed by atoms with Crippen LogP contribution < -0.4 is 16.0 Å². The van der Waals surface area contributed by atoms with E-state index in [4.69, 9.17) is 0 Å². The Bertz CT molecular complexity index is 730. The van der Waals surface area contributed by atoms with E-state index in [0.717, 1.165) is 55.7 Å². The molecule has 6 heteroatoms. The number of hydrogen-bond acceptors (Lipinski definition) is 3. The molecule has 1 heterocycles. The minimum atomic E-state index is -0.494. The van der Waals surface area contributed by atoms with Crippen LogP contribution in [0.15, 0.2) is 30.3 Å². The van der Waals surface area contributed by atoms with E-state index in [9.17, 15) is 9.59 Å². The van der Waals surface area contributed by atoms with Gasteiger partial charge >= 0.3 is 0 Å². The third-order valence-electron chi connectivity index (χ3n) is 7.86. The Labute approximate surface area is 185 Å². The van der Waals surface area contributed by atoms with Crippen molar-refractivity contribution in [2.75, 3.05) is 19.6 Å². The van der Waals surface area contributed by atoms with Gasteiger partial charge in [-0.15, -0.1) is 12.4 Å². The largest absolute Gasteiger partial charge is 0.354 e. The quantitative estimate of drug-likeness (QED) is 0.621. The average molecular weight is 432 g/mol. The van der Waals surface area contributed by atoms with Crippen molar-refractivity contribution in [1.29, 1.82) is 0 Å². The Balaban J connectivity index is 0.00000218. The number of benzene rings is 1. The van der Waals surface area contributed by atoms with Crippen LogP contribution in [-0.2, 0) is 16.0 Å². The number of rotatable bonds is 7. The summed E-state index contributed by atoms with van der Waals surface area (Å²) >= 11 is 0. The van der Waals surface area contributed by atoms with Gasteiger partial charge in [-0.1, -0.05) is 30.3 Å². The molecule has 2 amide bonds. The van der Waals surface area contributed by atoms with Gasteiger partial charge in [0.05, 0.1) is 0 Å². The second-order valence-electron chi connectivity index (χ2n) is 10.2. The standard InChI is InChI=1S/C24H33N3O2.ClH/c28-22(26-15-20-13-25-14-20)21(9-16-4-2-1-3-5-16)27-23(29)24-10-17-6-18(11-24)8-19(7-17)12-24;/h1-5,17-21,25H,6-15H2,(H,26,28)(H,27,29);1H. The molecule has 0 radical (unpaired) electrons. The number of halogens is 1. The highest BCUT2D eigenvalue weighted by molar-refractivity contribution is 5.90. The van der Waals surface area contributed by atoms with Gasteiger partial charge in [-0.05, 0) is 61.8 Å². The second-order valence-corrected chi connectivity index (χ2v) is 10.2. The highest BCUT2D eigenvalue weighted by atomic mass is 35.5. The van der Waals surface area contributed by atoms with E-state index in [2.05, 4.69) is 16.0 Å². The number of nitrogens with one attached hydrogen (secondary N) is 3. The first kappa shape index (κ1) is 21.6. The molecule has 0 spiro atoms. The molecule has 4 saturated carbocycles. The van der Waals surface area contributed by atoms with E-state index >= 15 is 0 Å². The predicted octanol–water partition coefficient (Wildman–Crippen LogP) is 2.69. The van der Waals surface area contributed by atoms with E-state index in [1.165, 1.54) is 19.3 Å². The van der Waals surface area contributed by atoms with Gasteiger partial charge in [-0.2, -0.15) is 0 Å². The van der Waals surface area contributed by atoms with Gasteiger partial charge in [-0.25, -0.2) is 0 Å². The summed E-state index contributed by atoms with van der Waals surface area (Å²) in [5.74, 6) is 2.77. The molecule has 1 aromatic carbocycles. The van der Waals surface area contributed by atoms with Crippen LogP contribution >= 0.6 is 12.4 Å². The highest BCUT2D eigenvalue weighted by Gasteiger charge is 2.54. The number of carbonyl (C=O) groups excluding carboxylic acids is 2. The molecule has 6 rings (SSSR count). The van der Waals surface area contributed by atoms with Gasteiger partial charge in [0.2, 0.25) is 11.8 Å². The van der Waals surface area contributed by atoms with Crippen LogP contribution in [-0.4, -0.2) is 37.5 Å². The summed E-state index contributed by atoms with van der Waals surface area (Å²) in [5.41, 5.74) is 0.866. The molecule has 3 N–H and O–H groups in total. The van der Waals surface area contributed by atoms with Gasteiger partial charge in [0.25, 0.3) is 0 Å². The van der Waals surface area contributed by atoms with Crippen LogP contribution in [0, 0.1) is 29.1 Å². The van der Waals surface area contributed by atoms with Crippen LogP contribution in [0.2, 0.25) is 0 Å². The minimum absolute atomic E-state index is 0. The lowest BCUT2D eigenvalue weighted by Crippen LogP contribution is -2.58. The lowest BCUT2D eigenvalue weighted by molar-refractivity contribution is -0.148. The molecule has 1 unspecified atom stereocenters. The van der Waals surface area contributed by atoms with Crippen molar-refractivity contribution in [3.8, 4) is 0 Å². The maximum absolute atomic E-state index is 13.5. The Kier molecular flexibility index (Phi) is 6.40. The molecule has 164 valence electrons. The molecule has 5 aliphatic rings. The highest BCUT2D eigenvalue weighted by Crippen LogP contribution is 2.60. The Morgan fingerprint density at radius 2 is 1.60 bits per heavy atom. The number of amides is 2. The monoisotopic (exact) mass is 431 g/mol. The van der Waals surface area contributed by atoms with E-state index in [1.807, 2.05) is 30.3 Å². The zero-order valence-electron chi connectivity index (χ0n) is 17.6. The summed E-state index contributed by atoms with van der Waals surface area (Å²) in [6, 6.07) is 9.54. The summed E-state index contributed by atoms with van der Waals surface area (Å²) < 4.78 is 0. The summed E-state index contributed by atoms with van der Waals surface area (Å²) in [6.45, 7) is 2.61. The lowest BCUT2D eigenvalue weighted by Gasteiger charge is -2.55. The van der Waals surface area contributed by atoms with Crippen molar-refractivity contribution in [2.24, 2.45) is 29.1 Å².